The van der Waals surface area contributed by atoms with Crippen LogP contribution in [0.25, 0.3) is 21.8 Å². The first-order valence-electron chi connectivity index (χ1n) is 44.2. The molecule has 9 atom stereocenters. The number of carboxylic acids is 3. The van der Waals surface area contributed by atoms with Crippen molar-refractivity contribution in [2.45, 2.75) is 144 Å². The second-order valence-electron chi connectivity index (χ2n) is 34.4. The van der Waals surface area contributed by atoms with Crippen LogP contribution in [-0.4, -0.2) is 191 Å². The molecule has 0 bridgehead atoms. The molecule has 10 aromatic rings. The van der Waals surface area contributed by atoms with Gasteiger partial charge in [-0.3, -0.25) is 24.7 Å². The number of aliphatic hydroxyl groups is 2. The number of carbonyl (C=O) groups excluding carboxylic acids is 3. The number of hydrogen-bond acceptors (Lipinski definition) is 23. The molecule has 0 spiro atoms. The van der Waals surface area contributed by atoms with Gasteiger partial charge in [-0.15, -0.1) is 13.2 Å². The van der Waals surface area contributed by atoms with E-state index in [-0.39, 0.29) is 128 Å². The van der Waals surface area contributed by atoms with Gasteiger partial charge in [-0.25, -0.2) is 54.0 Å². The van der Waals surface area contributed by atoms with Gasteiger partial charge in [-0.1, -0.05) is 70.8 Å². The number of nitriles is 3. The van der Waals surface area contributed by atoms with Crippen LogP contribution in [0.2, 0.25) is 0 Å². The Morgan fingerprint density at radius 2 is 0.718 bits per heavy atom. The molecule has 790 valence electrons. The summed E-state index contributed by atoms with van der Waals surface area (Å²) in [5.74, 6) is -2.40. The molecule has 5 aliphatic heterocycles. The van der Waals surface area contributed by atoms with E-state index in [0.29, 0.717) is 0 Å². The van der Waals surface area contributed by atoms with Gasteiger partial charge < -0.3 is 60.3 Å². The second-order valence-corrected chi connectivity index (χ2v) is 40.3. The van der Waals surface area contributed by atoms with Crippen molar-refractivity contribution in [2.75, 3.05) is 81.9 Å². The molecule has 2 saturated heterocycles. The van der Waals surface area contributed by atoms with Gasteiger partial charge in [-0.05, 0) is 239 Å². The van der Waals surface area contributed by atoms with E-state index in [9.17, 15) is 119 Å². The molecular formula is C105H110F9N13O19S3. The molecule has 149 heavy (non-hydrogen) atoms. The summed E-state index contributed by atoms with van der Waals surface area (Å²) in [4.78, 5) is 89.7. The Morgan fingerprint density at radius 1 is 0.443 bits per heavy atom. The SMILES string of the molecule is C.C.C.C=CC1CCCN[C@H]1[C@@H](O)c1ccnc2ccc(OC)cc12.C=CC1CCCN[C@H]1[C@@H](O)c1ccnc2ccc(OC)cc12.CC1=C(C(=O)O)C(c2ccc(C#N)cc2S(C)(=O)=O)N(C)C(=O)N1c1cccc(C(F)(F)F)c1.CC1=C(C(=O)O)[C@@H](c2ccc(C#N)cc2S(C)(=O)=O)N(C)C(=O)N1c1cccc(C(F)(F)F)c1.CC1=C(C(=O)O)[C@H](c2ccc(C#N)cc2S(C)(=O)=O)N(C)C(=O)N1c1cccc(C(F)(F)F)c1. The van der Waals surface area contributed by atoms with Crippen molar-refractivity contribution in [1.82, 2.24) is 35.3 Å². The van der Waals surface area contributed by atoms with Crippen molar-refractivity contribution in [3.8, 4) is 29.7 Å². The number of nitrogens with zero attached hydrogens (tertiary/aromatic N) is 11. The third-order valence-corrected chi connectivity index (χ3v) is 28.6. The number of methoxy groups -OCH3 is 2. The number of rotatable bonds is 20. The van der Waals surface area contributed by atoms with Gasteiger partial charge >= 0.3 is 54.5 Å². The monoisotopic (exact) mass is 2120 g/mol. The Morgan fingerprint density at radius 3 is 0.953 bits per heavy atom. The van der Waals surface area contributed by atoms with Crippen LogP contribution in [0.5, 0.6) is 11.5 Å². The summed E-state index contributed by atoms with van der Waals surface area (Å²) in [6.07, 6.45) is -0.883. The van der Waals surface area contributed by atoms with Crippen LogP contribution in [0.3, 0.4) is 0 Å². The molecule has 5 aliphatic rings. The quantitative estimate of drug-likeness (QED) is 0.0275. The van der Waals surface area contributed by atoms with Gasteiger partial charge in [0.2, 0.25) is 0 Å². The molecule has 15 rings (SSSR count). The highest BCUT2D eigenvalue weighted by Gasteiger charge is 2.48. The van der Waals surface area contributed by atoms with Crippen LogP contribution in [0.15, 0.2) is 262 Å². The molecule has 6 amide bonds. The van der Waals surface area contributed by atoms with E-state index in [0.717, 1.165) is 204 Å². The summed E-state index contributed by atoms with van der Waals surface area (Å²) in [5, 5.41) is 88.0. The van der Waals surface area contributed by atoms with Gasteiger partial charge in [0.25, 0.3) is 0 Å². The van der Waals surface area contributed by atoms with Crippen molar-refractivity contribution in [3.63, 3.8) is 0 Å². The lowest BCUT2D eigenvalue weighted by Gasteiger charge is -2.41. The van der Waals surface area contributed by atoms with E-state index >= 15 is 0 Å². The van der Waals surface area contributed by atoms with Gasteiger partial charge in [-0.2, -0.15) is 55.3 Å². The normalized spacial score (nSPS) is 18.5. The number of anilines is 3. The number of carbonyl (C=O) groups is 6. The van der Waals surface area contributed by atoms with Crippen LogP contribution in [0, 0.1) is 45.8 Å². The van der Waals surface area contributed by atoms with E-state index in [1.165, 1.54) is 96.5 Å². The molecule has 0 saturated carbocycles. The van der Waals surface area contributed by atoms with Gasteiger partial charge in [0.15, 0.2) is 29.5 Å². The molecule has 7 heterocycles. The number of carboxylic acid groups (broad SMARTS) is 3. The van der Waals surface area contributed by atoms with Gasteiger partial charge in [0, 0.05) is 92.3 Å². The maximum Gasteiger partial charge on any atom is 0.416 e. The molecule has 44 heteroatoms. The van der Waals surface area contributed by atoms with Crippen LogP contribution in [-0.2, 0) is 62.4 Å². The van der Waals surface area contributed by atoms with Crippen LogP contribution >= 0.6 is 0 Å². The molecule has 2 aromatic heterocycles. The number of piperidine rings is 2. The highest BCUT2D eigenvalue weighted by Crippen LogP contribution is 2.48. The zero-order valence-electron chi connectivity index (χ0n) is 79.9. The highest BCUT2D eigenvalue weighted by molar-refractivity contribution is 7.91. The lowest BCUT2D eigenvalue weighted by molar-refractivity contribution is -0.138. The van der Waals surface area contributed by atoms with Crippen molar-refractivity contribution in [1.29, 1.82) is 15.8 Å². The zero-order chi connectivity index (χ0) is 108. The number of aliphatic hydroxyl groups excluding tert-OH is 2. The fourth-order valence-corrected chi connectivity index (χ4v) is 20.9. The topological polar surface area (TPSA) is 465 Å². The van der Waals surface area contributed by atoms with Gasteiger partial charge in [0.05, 0.1) is 156 Å². The Hall–Kier alpha value is -15.4. The fourth-order valence-electron chi connectivity index (χ4n) is 18.1. The predicted molar refractivity (Wildman–Crippen MR) is 539 cm³/mol. The summed E-state index contributed by atoms with van der Waals surface area (Å²) in [6, 6.07) is 36.3. The summed E-state index contributed by atoms with van der Waals surface area (Å²) in [6.45, 7) is 13.5. The first kappa shape index (κ1) is 119. The van der Waals surface area contributed by atoms with E-state index in [1.807, 2.05) is 60.7 Å². The van der Waals surface area contributed by atoms with Gasteiger partial charge in [0.1, 0.15) is 11.5 Å². The Kier molecular flexibility index (Phi) is 38.4. The van der Waals surface area contributed by atoms with E-state index in [4.69, 9.17) is 25.3 Å². The molecule has 8 aromatic carbocycles. The molecular weight excluding hydrogens is 2010 g/mol. The number of fused-ring (bicyclic) bond motifs is 2. The second kappa shape index (κ2) is 48.1. The number of likely N-dealkylation sites (N-methyl/N-ethyl adjacent to an activating group) is 3. The number of aromatic nitrogens is 2. The average molecular weight is 2130 g/mol. The molecule has 32 nitrogen and oxygen atoms in total. The maximum atomic E-state index is 13.3. The first-order valence-corrected chi connectivity index (χ1v) is 49.9. The van der Waals surface area contributed by atoms with Crippen molar-refractivity contribution in [3.05, 3.63) is 309 Å². The maximum absolute atomic E-state index is 13.3. The van der Waals surface area contributed by atoms with Crippen molar-refractivity contribution in [2.24, 2.45) is 11.8 Å². The number of hydrogen-bond donors (Lipinski definition) is 7. The van der Waals surface area contributed by atoms with Crippen molar-refractivity contribution < 1.29 is 129 Å². The Bertz CT molecular complexity index is 6830. The Labute approximate surface area is 855 Å². The minimum absolute atomic E-state index is 0. The van der Waals surface area contributed by atoms with Crippen molar-refractivity contribution >= 4 is 104 Å². The summed E-state index contributed by atoms with van der Waals surface area (Å²) < 4.78 is 204. The summed E-state index contributed by atoms with van der Waals surface area (Å²) in [5.41, 5.74) is -2.10. The fraction of sp³-hybridized carbons (Fsp3) is 0.305. The highest BCUT2D eigenvalue weighted by atomic mass is 32.2. The van der Waals surface area contributed by atoms with Crippen LogP contribution < -0.4 is 34.8 Å². The number of aliphatic carboxylic acids is 3. The molecule has 0 radical (unpaired) electrons. The zero-order valence-corrected chi connectivity index (χ0v) is 82.4. The Balaban J connectivity index is 0.000000228. The lowest BCUT2D eigenvalue weighted by Crippen LogP contribution is -2.49. The first-order chi connectivity index (χ1) is 68.5. The number of sulfone groups is 3. The van der Waals surface area contributed by atoms with E-state index in [2.05, 4.69) is 33.8 Å². The standard InChI is InChI=1S/3C22H18F3N3O5S.2C18H22N2O2.3CH4/c3*1-12-18(20(29)30)19(16-8-7-13(11-26)9-17(16)34(3,32)33)27(2)21(31)28(12)15-6-4-5-14(10-15)22(23,24)25;2*1-3-12-5-4-9-20-17(12)18(21)14-8-10-19-16-7-6-13(22-2)11-15(14)16;;;/h3*4-10,19H,1-3H3,(H,29,30);2*3,6-8,10-12,17-18,20-21H,1,4-5,9H2,2H3;3*1H4/t2*19-;;2*12?,17-,18+;;;/m10.11.../s1. The number of urea groups is 3. The third-order valence-electron chi connectivity index (χ3n) is 25.1. The minimum atomic E-state index is -4.69. The number of pyridine rings is 2. The summed E-state index contributed by atoms with van der Waals surface area (Å²) in [7, 11) is -4.93. The number of nitrogens with one attached hydrogen (secondary N) is 2. The molecule has 7 N–H and O–H groups in total. The van der Waals surface area contributed by atoms with Crippen LogP contribution in [0.1, 0.15) is 160 Å². The lowest BCUT2D eigenvalue weighted by atomic mass is 9.84. The number of benzene rings is 8. The average Bonchev–Trinajstić information content (AvgIpc) is 0.743. The number of allylic oxidation sites excluding steroid dienone is 3. The van der Waals surface area contributed by atoms with Crippen LogP contribution in [0.4, 0.5) is 71.0 Å². The smallest absolute Gasteiger partial charge is 0.416 e. The third kappa shape index (κ3) is 25.9. The molecule has 2 fully saturated rings. The molecule has 3 unspecified atom stereocenters. The number of alkyl halides is 9. The van der Waals surface area contributed by atoms with E-state index < -0.39 is 148 Å². The number of ether oxygens (including phenoxy) is 2. The van der Waals surface area contributed by atoms with E-state index in [1.54, 1.807) is 44.8 Å². The number of amides is 6. The predicted octanol–water partition coefficient (Wildman–Crippen LogP) is 19.4. The largest absolute Gasteiger partial charge is 0.497 e. The summed E-state index contributed by atoms with van der Waals surface area (Å²) >= 11 is 0. The molecule has 0 aliphatic carbocycles. The minimum Gasteiger partial charge on any atom is -0.497 e. The number of halogens is 9.